The maximum absolute atomic E-state index is 4.97. The zero-order valence-corrected chi connectivity index (χ0v) is 26.6. The fourth-order valence-electron chi connectivity index (χ4n) is 7.10. The third-order valence-electron chi connectivity index (χ3n) is 9.04. The first kappa shape index (κ1) is 27.4. The standard InChI is InChI=1S/C37H40BN5/c1-36(2,3)27-19-21-40(7)34-32(27)42(25-15-11-9-12-16-25)29-23-39-24-30-31(29)38(34)35-33(43(30)26-17-13-10-14-18-26)28(37(4,5)6)20-22-41(35)8/h9-24H,1-8H3/q+2. The summed E-state index contributed by atoms with van der Waals surface area (Å²) >= 11 is 0. The smallest absolute Gasteiger partial charge is 0.304 e. The molecule has 5 nitrogen and oxygen atoms in total. The first-order chi connectivity index (χ1) is 20.5. The highest BCUT2D eigenvalue weighted by molar-refractivity contribution is 6.98. The van der Waals surface area contributed by atoms with Gasteiger partial charge in [-0.05, 0) is 51.7 Å². The zero-order valence-electron chi connectivity index (χ0n) is 26.6. The Morgan fingerprint density at radius 2 is 0.977 bits per heavy atom. The molecule has 6 heteroatoms. The number of fused-ring (bicyclic) bond motifs is 4. The van der Waals surface area contributed by atoms with Crippen molar-refractivity contribution in [3.05, 3.63) is 109 Å². The first-order valence-corrected chi connectivity index (χ1v) is 15.2. The van der Waals surface area contributed by atoms with E-state index >= 15 is 0 Å². The van der Waals surface area contributed by atoms with Gasteiger partial charge >= 0.3 is 6.71 Å². The highest BCUT2D eigenvalue weighted by atomic mass is 15.2. The number of aromatic nitrogens is 3. The van der Waals surface area contributed by atoms with E-state index in [1.807, 2.05) is 0 Å². The Morgan fingerprint density at radius 3 is 1.35 bits per heavy atom. The molecule has 0 amide bonds. The van der Waals surface area contributed by atoms with Gasteiger partial charge in [0.05, 0.1) is 23.8 Å². The van der Waals surface area contributed by atoms with Crippen molar-refractivity contribution in [1.29, 1.82) is 0 Å². The molecular weight excluding hydrogens is 525 g/mol. The van der Waals surface area contributed by atoms with Gasteiger partial charge in [-0.25, -0.2) is 9.13 Å². The van der Waals surface area contributed by atoms with Crippen LogP contribution in [0.1, 0.15) is 52.7 Å². The summed E-state index contributed by atoms with van der Waals surface area (Å²) in [6, 6.07) is 26.2. The van der Waals surface area contributed by atoms with Gasteiger partial charge in [-0.2, -0.15) is 0 Å². The van der Waals surface area contributed by atoms with Crippen molar-refractivity contribution < 1.29 is 9.13 Å². The van der Waals surface area contributed by atoms with Gasteiger partial charge in [0.15, 0.2) is 23.6 Å². The first-order valence-electron chi connectivity index (χ1n) is 15.2. The van der Waals surface area contributed by atoms with Crippen molar-refractivity contribution in [2.75, 3.05) is 9.80 Å². The van der Waals surface area contributed by atoms with Gasteiger partial charge in [0.1, 0.15) is 25.5 Å². The van der Waals surface area contributed by atoms with Gasteiger partial charge in [0.25, 0.3) is 0 Å². The molecule has 0 saturated heterocycles. The van der Waals surface area contributed by atoms with Crippen LogP contribution in [0.15, 0.2) is 97.6 Å². The van der Waals surface area contributed by atoms with Crippen LogP contribution in [-0.2, 0) is 24.9 Å². The normalized spacial score (nSPS) is 13.9. The number of anilines is 6. The van der Waals surface area contributed by atoms with E-state index in [0.717, 1.165) is 22.7 Å². The highest BCUT2D eigenvalue weighted by Crippen LogP contribution is 2.46. The summed E-state index contributed by atoms with van der Waals surface area (Å²) in [4.78, 5) is 9.88. The Hall–Kier alpha value is -4.45. The topological polar surface area (TPSA) is 27.1 Å². The van der Waals surface area contributed by atoms with Crippen molar-refractivity contribution in [3.63, 3.8) is 0 Å². The Labute approximate surface area is 256 Å². The van der Waals surface area contributed by atoms with E-state index in [2.05, 4.69) is 172 Å². The molecule has 0 fully saturated rings. The summed E-state index contributed by atoms with van der Waals surface area (Å²) in [5.41, 5.74) is 13.4. The van der Waals surface area contributed by atoms with E-state index in [4.69, 9.17) is 4.98 Å². The third-order valence-corrected chi connectivity index (χ3v) is 9.04. The molecule has 5 aromatic rings. The lowest BCUT2D eigenvalue weighted by Gasteiger charge is -2.43. The van der Waals surface area contributed by atoms with Crippen LogP contribution in [0, 0.1) is 0 Å². The summed E-state index contributed by atoms with van der Waals surface area (Å²) in [5, 5.41) is 0. The SMILES string of the molecule is C[n+]1ccc(C(C)(C)C)c2c1B1c3c(cncc3N(c3ccccc3)c3c(C(C)(C)C)cc[n+](C)c31)N2c1ccccc1. The van der Waals surface area contributed by atoms with Gasteiger partial charge in [0.2, 0.25) is 0 Å². The lowest BCUT2D eigenvalue weighted by molar-refractivity contribution is -0.658. The van der Waals surface area contributed by atoms with Crippen LogP contribution in [-0.4, -0.2) is 11.7 Å². The molecule has 214 valence electrons. The van der Waals surface area contributed by atoms with Gasteiger partial charge in [0, 0.05) is 23.5 Å². The van der Waals surface area contributed by atoms with Crippen LogP contribution in [0.25, 0.3) is 0 Å². The van der Waals surface area contributed by atoms with Crippen molar-refractivity contribution in [3.8, 4) is 0 Å². The van der Waals surface area contributed by atoms with E-state index < -0.39 is 0 Å². The minimum Gasteiger partial charge on any atom is -0.304 e. The quantitative estimate of drug-likeness (QED) is 0.207. The van der Waals surface area contributed by atoms with E-state index in [1.54, 1.807) is 0 Å². The fourth-order valence-corrected chi connectivity index (χ4v) is 7.10. The second kappa shape index (κ2) is 9.53. The molecule has 43 heavy (non-hydrogen) atoms. The second-order valence-corrected chi connectivity index (χ2v) is 14.0. The van der Waals surface area contributed by atoms with Gasteiger partial charge < -0.3 is 9.80 Å². The van der Waals surface area contributed by atoms with Crippen molar-refractivity contribution >= 4 is 57.5 Å². The number of nitrogens with zero attached hydrogens (tertiary/aromatic N) is 5. The number of pyridine rings is 3. The molecule has 0 N–H and O–H groups in total. The molecule has 2 aromatic carbocycles. The van der Waals surface area contributed by atoms with Crippen molar-refractivity contribution in [2.24, 2.45) is 14.1 Å². The molecule has 0 aliphatic carbocycles. The molecule has 0 unspecified atom stereocenters. The van der Waals surface area contributed by atoms with Gasteiger partial charge in [-0.1, -0.05) is 77.9 Å². The number of hydrogen-bond acceptors (Lipinski definition) is 3. The average Bonchev–Trinajstić information content (AvgIpc) is 2.97. The molecule has 0 atom stereocenters. The molecule has 0 saturated carbocycles. The Bertz CT molecular complexity index is 1740. The van der Waals surface area contributed by atoms with Crippen molar-refractivity contribution in [2.45, 2.75) is 52.4 Å². The number of rotatable bonds is 2. The van der Waals surface area contributed by atoms with Crippen LogP contribution in [0.4, 0.5) is 34.1 Å². The van der Waals surface area contributed by atoms with Crippen LogP contribution in [0.2, 0.25) is 0 Å². The number of benzene rings is 2. The van der Waals surface area contributed by atoms with E-state index in [-0.39, 0.29) is 17.5 Å². The monoisotopic (exact) mass is 565 g/mol. The Kier molecular flexibility index (Phi) is 6.07. The number of para-hydroxylation sites is 2. The molecule has 0 spiro atoms. The van der Waals surface area contributed by atoms with Crippen LogP contribution >= 0.6 is 0 Å². The summed E-state index contributed by atoms with van der Waals surface area (Å²) < 4.78 is 4.70. The maximum atomic E-state index is 4.97. The third kappa shape index (κ3) is 4.10. The Morgan fingerprint density at radius 1 is 0.581 bits per heavy atom. The van der Waals surface area contributed by atoms with Gasteiger partial charge in [-0.3, -0.25) is 4.98 Å². The van der Waals surface area contributed by atoms with E-state index in [0.29, 0.717) is 0 Å². The molecule has 5 heterocycles. The lowest BCUT2D eigenvalue weighted by atomic mass is 9.35. The Balaban J connectivity index is 1.69. The molecule has 2 aliphatic heterocycles. The minimum absolute atomic E-state index is 0.0116. The molecule has 0 bridgehead atoms. The van der Waals surface area contributed by atoms with E-state index in [1.165, 1.54) is 39.2 Å². The minimum atomic E-state index is -0.0725. The second-order valence-electron chi connectivity index (χ2n) is 14.0. The lowest BCUT2D eigenvalue weighted by Crippen LogP contribution is -2.75. The predicted molar refractivity (Wildman–Crippen MR) is 178 cm³/mol. The summed E-state index contributed by atoms with van der Waals surface area (Å²) in [7, 11) is 4.41. The molecule has 7 rings (SSSR count). The summed E-state index contributed by atoms with van der Waals surface area (Å²) in [6.07, 6.45) is 8.66. The van der Waals surface area contributed by atoms with Crippen LogP contribution in [0.3, 0.4) is 0 Å². The summed E-state index contributed by atoms with van der Waals surface area (Å²) in [5.74, 6) is 0. The average molecular weight is 566 g/mol. The zero-order chi connectivity index (χ0) is 30.3. The summed E-state index contributed by atoms with van der Waals surface area (Å²) in [6.45, 7) is 13.9. The van der Waals surface area contributed by atoms with Crippen LogP contribution < -0.4 is 35.6 Å². The van der Waals surface area contributed by atoms with E-state index in [9.17, 15) is 0 Å². The number of hydrogen-bond donors (Lipinski definition) is 0. The molecule has 0 radical (unpaired) electrons. The highest BCUT2D eigenvalue weighted by Gasteiger charge is 2.55. The number of aryl methyl sites for hydroxylation is 2. The van der Waals surface area contributed by atoms with Crippen molar-refractivity contribution in [1.82, 2.24) is 4.98 Å². The fraction of sp³-hybridized carbons (Fsp3) is 0.270. The predicted octanol–water partition coefficient (Wildman–Crippen LogP) is 5.41. The van der Waals surface area contributed by atoms with Gasteiger partial charge in [-0.15, -0.1) is 0 Å². The molecule has 3 aromatic heterocycles. The maximum Gasteiger partial charge on any atom is 0.415 e. The molecule has 2 aliphatic rings. The largest absolute Gasteiger partial charge is 0.415 e. The van der Waals surface area contributed by atoms with Crippen LogP contribution in [0.5, 0.6) is 0 Å². The molecular formula is C37H40BN5+2.